The van der Waals surface area contributed by atoms with Gasteiger partial charge in [-0.3, -0.25) is 4.79 Å². The van der Waals surface area contributed by atoms with Crippen molar-refractivity contribution in [2.75, 3.05) is 13.1 Å². The first-order valence-electron chi connectivity index (χ1n) is 4.97. The van der Waals surface area contributed by atoms with Crippen molar-refractivity contribution in [1.82, 2.24) is 15.1 Å². The zero-order chi connectivity index (χ0) is 10.7. The van der Waals surface area contributed by atoms with E-state index in [1.165, 1.54) is 6.20 Å². The number of likely N-dealkylation sites (tertiary alicyclic amines) is 1. The highest BCUT2D eigenvalue weighted by Gasteiger charge is 2.21. The maximum absolute atomic E-state index is 11.9. The summed E-state index contributed by atoms with van der Waals surface area (Å²) >= 11 is 3.56. The number of halogens is 1. The molecular weight excluding hydrogens is 258 g/mol. The summed E-state index contributed by atoms with van der Waals surface area (Å²) in [6.45, 7) is 1.63. The van der Waals surface area contributed by atoms with Crippen LogP contribution in [0, 0.1) is 0 Å². The number of hydrogen-bond acceptors (Lipinski definition) is 3. The summed E-state index contributed by atoms with van der Waals surface area (Å²) in [6, 6.07) is 1.70. The molecule has 1 amide bonds. The second kappa shape index (κ2) is 4.70. The Morgan fingerprint density at radius 1 is 1.40 bits per heavy atom. The molecule has 1 aliphatic rings. The SMILES string of the molecule is O=C(c1ccnnc1)N1CCC(Br)CC1. The minimum Gasteiger partial charge on any atom is -0.339 e. The fraction of sp³-hybridized carbons (Fsp3) is 0.500. The summed E-state index contributed by atoms with van der Waals surface area (Å²) in [5.74, 6) is 0.0595. The molecule has 80 valence electrons. The van der Waals surface area contributed by atoms with Crippen LogP contribution in [0.4, 0.5) is 0 Å². The Morgan fingerprint density at radius 3 is 2.73 bits per heavy atom. The number of hydrogen-bond donors (Lipinski definition) is 0. The Hall–Kier alpha value is -0.970. The number of carbonyl (C=O) groups is 1. The van der Waals surface area contributed by atoms with Crippen LogP contribution in [0.2, 0.25) is 0 Å². The van der Waals surface area contributed by atoms with Crippen LogP contribution in [-0.2, 0) is 0 Å². The normalized spacial score (nSPS) is 17.8. The molecule has 0 saturated carbocycles. The lowest BCUT2D eigenvalue weighted by molar-refractivity contribution is 0.0727. The molecule has 0 aromatic carbocycles. The van der Waals surface area contributed by atoms with Crippen LogP contribution >= 0.6 is 15.9 Å². The van der Waals surface area contributed by atoms with Gasteiger partial charge in [0.15, 0.2) is 0 Å². The van der Waals surface area contributed by atoms with Crippen LogP contribution in [-0.4, -0.2) is 38.9 Å². The van der Waals surface area contributed by atoms with Gasteiger partial charge in [-0.15, -0.1) is 0 Å². The molecular formula is C10H12BrN3O. The number of alkyl halides is 1. The van der Waals surface area contributed by atoms with Crippen LogP contribution in [0.5, 0.6) is 0 Å². The summed E-state index contributed by atoms with van der Waals surface area (Å²) < 4.78 is 0. The number of piperidine rings is 1. The van der Waals surface area contributed by atoms with Crippen LogP contribution in [0.15, 0.2) is 18.5 Å². The van der Waals surface area contributed by atoms with Crippen LogP contribution in [0.1, 0.15) is 23.2 Å². The van der Waals surface area contributed by atoms with Crippen molar-refractivity contribution in [3.63, 3.8) is 0 Å². The second-order valence-electron chi connectivity index (χ2n) is 3.60. The van der Waals surface area contributed by atoms with Crippen molar-refractivity contribution >= 4 is 21.8 Å². The van der Waals surface area contributed by atoms with Crippen LogP contribution in [0.3, 0.4) is 0 Å². The molecule has 15 heavy (non-hydrogen) atoms. The van der Waals surface area contributed by atoms with Crippen molar-refractivity contribution in [3.05, 3.63) is 24.0 Å². The third-order valence-electron chi connectivity index (χ3n) is 2.54. The predicted octanol–water partition coefficient (Wildman–Crippen LogP) is 1.48. The molecule has 1 aromatic rings. The fourth-order valence-electron chi connectivity index (χ4n) is 1.65. The van der Waals surface area contributed by atoms with E-state index in [9.17, 15) is 4.79 Å². The minimum atomic E-state index is 0.0595. The van der Waals surface area contributed by atoms with Gasteiger partial charge in [-0.2, -0.15) is 10.2 Å². The molecule has 0 atom stereocenters. The van der Waals surface area contributed by atoms with E-state index in [-0.39, 0.29) is 5.91 Å². The van der Waals surface area contributed by atoms with E-state index in [2.05, 4.69) is 26.1 Å². The number of carbonyl (C=O) groups excluding carboxylic acids is 1. The maximum atomic E-state index is 11.9. The van der Waals surface area contributed by atoms with Crippen LogP contribution < -0.4 is 0 Å². The summed E-state index contributed by atoms with van der Waals surface area (Å²) in [5, 5.41) is 7.37. The molecule has 0 bridgehead atoms. The molecule has 1 aromatic heterocycles. The Kier molecular flexibility index (Phi) is 3.30. The van der Waals surface area contributed by atoms with Crippen molar-refractivity contribution in [2.24, 2.45) is 0 Å². The molecule has 0 aliphatic carbocycles. The second-order valence-corrected chi connectivity index (χ2v) is 4.89. The molecule has 2 heterocycles. The molecule has 2 rings (SSSR count). The van der Waals surface area contributed by atoms with E-state index in [0.717, 1.165) is 25.9 Å². The third-order valence-corrected chi connectivity index (χ3v) is 3.46. The predicted molar refractivity (Wildman–Crippen MR) is 59.9 cm³/mol. The molecule has 1 fully saturated rings. The Balaban J connectivity index is 2.03. The van der Waals surface area contributed by atoms with E-state index in [1.54, 1.807) is 12.3 Å². The first-order valence-corrected chi connectivity index (χ1v) is 5.89. The number of amides is 1. The molecule has 0 unspecified atom stereocenters. The molecule has 5 heteroatoms. The monoisotopic (exact) mass is 269 g/mol. The zero-order valence-corrected chi connectivity index (χ0v) is 9.85. The lowest BCUT2D eigenvalue weighted by atomic mass is 10.1. The molecule has 1 aliphatic heterocycles. The first-order chi connectivity index (χ1) is 7.27. The number of rotatable bonds is 1. The Bertz CT molecular complexity index is 336. The van der Waals surface area contributed by atoms with Gasteiger partial charge in [0, 0.05) is 17.9 Å². The van der Waals surface area contributed by atoms with E-state index in [4.69, 9.17) is 0 Å². The van der Waals surface area contributed by atoms with Gasteiger partial charge in [-0.1, -0.05) is 15.9 Å². The van der Waals surface area contributed by atoms with Gasteiger partial charge in [0.05, 0.1) is 18.0 Å². The van der Waals surface area contributed by atoms with Gasteiger partial charge in [0.25, 0.3) is 5.91 Å². The Morgan fingerprint density at radius 2 is 2.13 bits per heavy atom. The third kappa shape index (κ3) is 2.53. The van der Waals surface area contributed by atoms with E-state index in [1.807, 2.05) is 4.90 Å². The van der Waals surface area contributed by atoms with Crippen molar-refractivity contribution in [1.29, 1.82) is 0 Å². The van der Waals surface area contributed by atoms with Gasteiger partial charge >= 0.3 is 0 Å². The molecule has 0 spiro atoms. The topological polar surface area (TPSA) is 46.1 Å². The average molecular weight is 270 g/mol. The van der Waals surface area contributed by atoms with Crippen molar-refractivity contribution in [2.45, 2.75) is 17.7 Å². The fourth-order valence-corrected chi connectivity index (χ4v) is 2.06. The summed E-state index contributed by atoms with van der Waals surface area (Å²) in [7, 11) is 0. The minimum absolute atomic E-state index is 0.0595. The smallest absolute Gasteiger partial charge is 0.255 e. The van der Waals surface area contributed by atoms with Crippen LogP contribution in [0.25, 0.3) is 0 Å². The largest absolute Gasteiger partial charge is 0.339 e. The summed E-state index contributed by atoms with van der Waals surface area (Å²) in [5.41, 5.74) is 0.623. The van der Waals surface area contributed by atoms with Crippen molar-refractivity contribution < 1.29 is 4.79 Å². The van der Waals surface area contributed by atoms with Gasteiger partial charge in [-0.05, 0) is 18.9 Å². The first kappa shape index (κ1) is 10.5. The van der Waals surface area contributed by atoms with Gasteiger partial charge in [0.2, 0.25) is 0 Å². The lowest BCUT2D eigenvalue weighted by Crippen LogP contribution is -2.38. The molecule has 0 N–H and O–H groups in total. The molecule has 1 saturated heterocycles. The molecule has 0 radical (unpaired) electrons. The standard InChI is InChI=1S/C10H12BrN3O/c11-9-2-5-14(6-3-9)10(15)8-1-4-12-13-7-8/h1,4,7,9H,2-3,5-6H2. The summed E-state index contributed by atoms with van der Waals surface area (Å²) in [6.07, 6.45) is 5.10. The highest BCUT2D eigenvalue weighted by molar-refractivity contribution is 9.09. The number of nitrogens with zero attached hydrogens (tertiary/aromatic N) is 3. The summed E-state index contributed by atoms with van der Waals surface area (Å²) in [4.78, 5) is 14.4. The van der Waals surface area contributed by atoms with Gasteiger partial charge in [0.1, 0.15) is 0 Å². The number of aromatic nitrogens is 2. The van der Waals surface area contributed by atoms with Gasteiger partial charge < -0.3 is 4.90 Å². The zero-order valence-electron chi connectivity index (χ0n) is 8.27. The quantitative estimate of drug-likeness (QED) is 0.726. The highest BCUT2D eigenvalue weighted by atomic mass is 79.9. The van der Waals surface area contributed by atoms with E-state index < -0.39 is 0 Å². The molecule has 4 nitrogen and oxygen atoms in total. The van der Waals surface area contributed by atoms with E-state index in [0.29, 0.717) is 10.4 Å². The lowest BCUT2D eigenvalue weighted by Gasteiger charge is -2.29. The average Bonchev–Trinajstić information content (AvgIpc) is 2.30. The van der Waals surface area contributed by atoms with Gasteiger partial charge in [-0.25, -0.2) is 0 Å². The highest BCUT2D eigenvalue weighted by Crippen LogP contribution is 2.18. The van der Waals surface area contributed by atoms with Crippen molar-refractivity contribution in [3.8, 4) is 0 Å². The Labute approximate surface area is 96.8 Å². The van der Waals surface area contributed by atoms with E-state index >= 15 is 0 Å². The maximum Gasteiger partial charge on any atom is 0.255 e.